The SMILES string of the molecule is CC1(C)CCC(OC(=O)CCC2CCCCN2)CC1. The maximum absolute atomic E-state index is 11.9. The van der Waals surface area contributed by atoms with Gasteiger partial charge in [0.05, 0.1) is 0 Å². The van der Waals surface area contributed by atoms with Gasteiger partial charge in [0, 0.05) is 12.5 Å². The first-order valence-corrected chi connectivity index (χ1v) is 7.98. The molecule has 2 aliphatic rings. The predicted octanol–water partition coefficient (Wildman–Crippen LogP) is 3.42. The molecule has 1 atom stereocenters. The van der Waals surface area contributed by atoms with E-state index in [-0.39, 0.29) is 12.1 Å². The van der Waals surface area contributed by atoms with Crippen LogP contribution in [0.25, 0.3) is 0 Å². The van der Waals surface area contributed by atoms with Crippen molar-refractivity contribution < 1.29 is 9.53 Å². The highest BCUT2D eigenvalue weighted by molar-refractivity contribution is 5.69. The first-order valence-electron chi connectivity index (χ1n) is 7.98. The molecule has 0 amide bonds. The lowest BCUT2D eigenvalue weighted by Gasteiger charge is -2.34. The number of esters is 1. The number of nitrogens with one attached hydrogen (secondary N) is 1. The number of piperidine rings is 1. The second-order valence-electron chi connectivity index (χ2n) is 7.04. The van der Waals surface area contributed by atoms with Crippen molar-refractivity contribution in [3.05, 3.63) is 0 Å². The van der Waals surface area contributed by atoms with Crippen molar-refractivity contribution in [1.82, 2.24) is 5.32 Å². The number of ether oxygens (including phenoxy) is 1. The average Bonchev–Trinajstić information content (AvgIpc) is 2.40. The maximum Gasteiger partial charge on any atom is 0.306 e. The molecule has 0 aromatic heterocycles. The zero-order valence-corrected chi connectivity index (χ0v) is 12.5. The molecule has 0 bridgehead atoms. The molecule has 1 aliphatic carbocycles. The second kappa shape index (κ2) is 6.74. The maximum atomic E-state index is 11.9. The quantitative estimate of drug-likeness (QED) is 0.793. The molecule has 1 saturated carbocycles. The van der Waals surface area contributed by atoms with Gasteiger partial charge in [-0.3, -0.25) is 4.79 Å². The van der Waals surface area contributed by atoms with Gasteiger partial charge in [0.2, 0.25) is 0 Å². The van der Waals surface area contributed by atoms with Gasteiger partial charge in [-0.05, 0) is 56.9 Å². The van der Waals surface area contributed by atoms with Gasteiger partial charge in [-0.15, -0.1) is 0 Å². The minimum Gasteiger partial charge on any atom is -0.462 e. The molecule has 1 N–H and O–H groups in total. The van der Waals surface area contributed by atoms with Crippen LogP contribution in [0.4, 0.5) is 0 Å². The smallest absolute Gasteiger partial charge is 0.306 e. The Morgan fingerprint density at radius 2 is 1.95 bits per heavy atom. The van der Waals surface area contributed by atoms with Crippen molar-refractivity contribution in [2.45, 2.75) is 83.8 Å². The van der Waals surface area contributed by atoms with Gasteiger partial charge in [0.25, 0.3) is 0 Å². The topological polar surface area (TPSA) is 38.3 Å². The summed E-state index contributed by atoms with van der Waals surface area (Å²) in [5, 5.41) is 3.48. The average molecular weight is 267 g/mol. The van der Waals surface area contributed by atoms with E-state index in [2.05, 4.69) is 19.2 Å². The molecular formula is C16H29NO2. The van der Waals surface area contributed by atoms with E-state index in [1.807, 2.05) is 0 Å². The monoisotopic (exact) mass is 267 g/mol. The Morgan fingerprint density at radius 3 is 2.58 bits per heavy atom. The van der Waals surface area contributed by atoms with E-state index in [1.165, 1.54) is 32.1 Å². The first kappa shape index (κ1) is 14.8. The Kier molecular flexibility index (Phi) is 5.26. The van der Waals surface area contributed by atoms with Gasteiger partial charge in [-0.2, -0.15) is 0 Å². The van der Waals surface area contributed by atoms with Crippen LogP contribution in [-0.4, -0.2) is 24.7 Å². The Bertz CT molecular complexity index is 285. The molecule has 0 radical (unpaired) electrons. The van der Waals surface area contributed by atoms with Gasteiger partial charge in [-0.25, -0.2) is 0 Å². The van der Waals surface area contributed by atoms with Crippen molar-refractivity contribution >= 4 is 5.97 Å². The zero-order valence-electron chi connectivity index (χ0n) is 12.5. The summed E-state index contributed by atoms with van der Waals surface area (Å²) in [4.78, 5) is 11.9. The van der Waals surface area contributed by atoms with Crippen LogP contribution in [0.1, 0.15) is 71.6 Å². The lowest BCUT2D eigenvalue weighted by molar-refractivity contribution is -0.151. The van der Waals surface area contributed by atoms with Crippen molar-refractivity contribution in [1.29, 1.82) is 0 Å². The van der Waals surface area contributed by atoms with Gasteiger partial charge in [0.1, 0.15) is 6.10 Å². The van der Waals surface area contributed by atoms with Crippen molar-refractivity contribution in [3.63, 3.8) is 0 Å². The number of hydrogen-bond donors (Lipinski definition) is 1. The Morgan fingerprint density at radius 1 is 1.21 bits per heavy atom. The lowest BCUT2D eigenvalue weighted by atomic mass is 9.76. The van der Waals surface area contributed by atoms with Gasteiger partial charge in [0.15, 0.2) is 0 Å². The van der Waals surface area contributed by atoms with Crippen LogP contribution < -0.4 is 5.32 Å². The number of hydrogen-bond acceptors (Lipinski definition) is 3. The van der Waals surface area contributed by atoms with E-state index in [9.17, 15) is 4.79 Å². The van der Waals surface area contributed by atoms with E-state index < -0.39 is 0 Å². The van der Waals surface area contributed by atoms with Crippen molar-refractivity contribution in [2.24, 2.45) is 5.41 Å². The van der Waals surface area contributed by atoms with Crippen molar-refractivity contribution in [3.8, 4) is 0 Å². The summed E-state index contributed by atoms with van der Waals surface area (Å²) in [6.45, 7) is 5.72. The van der Waals surface area contributed by atoms with Crippen LogP contribution in [0.2, 0.25) is 0 Å². The molecule has 110 valence electrons. The highest BCUT2D eigenvalue weighted by Crippen LogP contribution is 2.36. The van der Waals surface area contributed by atoms with E-state index in [0.717, 1.165) is 25.8 Å². The summed E-state index contributed by atoms with van der Waals surface area (Å²) >= 11 is 0. The fraction of sp³-hybridized carbons (Fsp3) is 0.938. The van der Waals surface area contributed by atoms with Crippen LogP contribution in [0.3, 0.4) is 0 Å². The standard InChI is InChI=1S/C16H29NO2/c1-16(2)10-8-14(9-11-16)19-15(18)7-6-13-5-3-4-12-17-13/h13-14,17H,3-12H2,1-2H3. The fourth-order valence-corrected chi connectivity index (χ4v) is 3.20. The van der Waals surface area contributed by atoms with E-state index in [1.54, 1.807) is 0 Å². The molecule has 1 heterocycles. The Balaban J connectivity index is 1.61. The molecule has 0 spiro atoms. The largest absolute Gasteiger partial charge is 0.462 e. The Hall–Kier alpha value is -0.570. The van der Waals surface area contributed by atoms with E-state index >= 15 is 0 Å². The van der Waals surface area contributed by atoms with Crippen molar-refractivity contribution in [2.75, 3.05) is 6.54 Å². The molecule has 1 unspecified atom stereocenters. The summed E-state index contributed by atoms with van der Waals surface area (Å²) in [7, 11) is 0. The van der Waals surface area contributed by atoms with Crippen LogP contribution in [-0.2, 0) is 9.53 Å². The molecule has 1 aliphatic heterocycles. The summed E-state index contributed by atoms with van der Waals surface area (Å²) in [5.41, 5.74) is 0.439. The molecule has 3 nitrogen and oxygen atoms in total. The second-order valence-corrected chi connectivity index (χ2v) is 7.04. The third-order valence-electron chi connectivity index (χ3n) is 4.69. The number of carbonyl (C=O) groups is 1. The highest BCUT2D eigenvalue weighted by atomic mass is 16.5. The predicted molar refractivity (Wildman–Crippen MR) is 77.0 cm³/mol. The number of carbonyl (C=O) groups excluding carboxylic acids is 1. The molecule has 2 fully saturated rings. The Labute approximate surface area is 117 Å². The van der Waals surface area contributed by atoms with Crippen LogP contribution in [0.5, 0.6) is 0 Å². The summed E-state index contributed by atoms with van der Waals surface area (Å²) < 4.78 is 5.61. The molecule has 19 heavy (non-hydrogen) atoms. The van der Waals surface area contributed by atoms with Gasteiger partial charge < -0.3 is 10.1 Å². The van der Waals surface area contributed by atoms with E-state index in [0.29, 0.717) is 17.9 Å². The molecule has 0 aromatic rings. The first-order chi connectivity index (χ1) is 9.05. The van der Waals surface area contributed by atoms with Crippen LogP contribution in [0, 0.1) is 5.41 Å². The third-order valence-corrected chi connectivity index (χ3v) is 4.69. The third kappa shape index (κ3) is 5.13. The van der Waals surface area contributed by atoms with Crippen LogP contribution in [0.15, 0.2) is 0 Å². The normalized spacial score (nSPS) is 28.0. The molecule has 3 heteroatoms. The van der Waals surface area contributed by atoms with Crippen LogP contribution >= 0.6 is 0 Å². The minimum absolute atomic E-state index is 0.0112. The molecule has 0 aromatic carbocycles. The lowest BCUT2D eigenvalue weighted by Crippen LogP contribution is -2.34. The molecule has 2 rings (SSSR count). The number of rotatable bonds is 4. The minimum atomic E-state index is 0.0112. The van der Waals surface area contributed by atoms with E-state index in [4.69, 9.17) is 4.74 Å². The molecule has 1 saturated heterocycles. The molecular weight excluding hydrogens is 238 g/mol. The highest BCUT2D eigenvalue weighted by Gasteiger charge is 2.28. The summed E-state index contributed by atoms with van der Waals surface area (Å²) in [5.74, 6) is 0.0112. The fourth-order valence-electron chi connectivity index (χ4n) is 3.20. The zero-order chi connectivity index (χ0) is 13.7. The van der Waals surface area contributed by atoms with Gasteiger partial charge >= 0.3 is 5.97 Å². The van der Waals surface area contributed by atoms with Gasteiger partial charge in [-0.1, -0.05) is 20.3 Å². The summed E-state index contributed by atoms with van der Waals surface area (Å²) in [6, 6.07) is 0.534. The summed E-state index contributed by atoms with van der Waals surface area (Å²) in [6.07, 6.45) is 9.92.